The van der Waals surface area contributed by atoms with Crippen molar-refractivity contribution in [3.05, 3.63) is 0 Å². The maximum absolute atomic E-state index is 11.5. The molecule has 0 unspecified atom stereocenters. The molecule has 3 fully saturated rings. The molecule has 3 nitrogen and oxygen atoms in total. The summed E-state index contributed by atoms with van der Waals surface area (Å²) in [6.07, 6.45) is 5.55. The van der Waals surface area contributed by atoms with Crippen LogP contribution in [0.25, 0.3) is 0 Å². The summed E-state index contributed by atoms with van der Waals surface area (Å²) in [5.74, 6) is 0.820. The molecule has 74 valence electrons. The van der Waals surface area contributed by atoms with Crippen molar-refractivity contribution in [1.82, 2.24) is 0 Å². The molecule has 0 aliphatic heterocycles. The minimum Gasteiger partial charge on any atom is -0.468 e. The average molecular weight is 183 g/mol. The third-order valence-electron chi connectivity index (χ3n) is 3.77. The van der Waals surface area contributed by atoms with E-state index < -0.39 is 5.54 Å². The molecule has 0 aromatic rings. The fourth-order valence-electron chi connectivity index (χ4n) is 2.97. The minimum absolute atomic E-state index is 0.207. The first-order valence-corrected chi connectivity index (χ1v) is 5.04. The summed E-state index contributed by atoms with van der Waals surface area (Å²) in [5, 5.41) is 0. The number of esters is 1. The first-order chi connectivity index (χ1) is 6.16. The van der Waals surface area contributed by atoms with E-state index in [1.807, 2.05) is 0 Å². The zero-order chi connectivity index (χ0) is 9.47. The molecule has 0 aromatic carbocycles. The molecule has 0 amide bonds. The van der Waals surface area contributed by atoms with Crippen molar-refractivity contribution in [2.75, 3.05) is 7.11 Å². The molecule has 1 atom stereocenters. The monoisotopic (exact) mass is 183 g/mol. The number of ether oxygens (including phenoxy) is 1. The first kappa shape index (κ1) is 9.00. The summed E-state index contributed by atoms with van der Waals surface area (Å²) in [6, 6.07) is 0. The molecule has 3 saturated carbocycles. The SMILES string of the molecule is COC(=O)[C@]1(N)CC2CCC1CC2. The predicted octanol–water partition coefficient (Wildman–Crippen LogP) is 1.07. The number of rotatable bonds is 1. The van der Waals surface area contributed by atoms with Crippen LogP contribution in [0, 0.1) is 11.8 Å². The maximum Gasteiger partial charge on any atom is 0.326 e. The highest BCUT2D eigenvalue weighted by Gasteiger charge is 2.50. The standard InChI is InChI=1S/C10H17NO2/c1-13-9(12)10(11)6-7-2-4-8(10)5-3-7/h7-8H,2-6,11H2,1H3/t7?,8?,10-/m0/s1. The summed E-state index contributed by atoms with van der Waals surface area (Å²) in [7, 11) is 1.43. The van der Waals surface area contributed by atoms with E-state index in [1.165, 1.54) is 20.0 Å². The van der Waals surface area contributed by atoms with Crippen LogP contribution in [0.3, 0.4) is 0 Å². The summed E-state index contributed by atoms with van der Waals surface area (Å²) < 4.78 is 4.78. The Bertz CT molecular complexity index is 221. The lowest BCUT2D eigenvalue weighted by molar-refractivity contribution is -0.154. The van der Waals surface area contributed by atoms with Crippen molar-refractivity contribution in [2.24, 2.45) is 17.6 Å². The van der Waals surface area contributed by atoms with Gasteiger partial charge in [0.25, 0.3) is 0 Å². The van der Waals surface area contributed by atoms with Crippen molar-refractivity contribution in [3.63, 3.8) is 0 Å². The van der Waals surface area contributed by atoms with Crippen molar-refractivity contribution in [3.8, 4) is 0 Å². The number of nitrogens with two attached hydrogens (primary N) is 1. The zero-order valence-corrected chi connectivity index (χ0v) is 8.08. The molecular formula is C10H17NO2. The van der Waals surface area contributed by atoms with Gasteiger partial charge in [-0.15, -0.1) is 0 Å². The Morgan fingerprint density at radius 3 is 2.38 bits per heavy atom. The molecule has 3 aliphatic carbocycles. The third kappa shape index (κ3) is 1.26. The van der Waals surface area contributed by atoms with Gasteiger partial charge in [-0.25, -0.2) is 0 Å². The van der Waals surface area contributed by atoms with Crippen LogP contribution in [0.2, 0.25) is 0 Å². The second-order valence-electron chi connectivity index (χ2n) is 4.45. The molecule has 0 heterocycles. The van der Waals surface area contributed by atoms with Crippen molar-refractivity contribution < 1.29 is 9.53 Å². The van der Waals surface area contributed by atoms with Gasteiger partial charge in [-0.2, -0.15) is 0 Å². The van der Waals surface area contributed by atoms with E-state index in [0.717, 1.165) is 19.3 Å². The van der Waals surface area contributed by atoms with Gasteiger partial charge in [0.15, 0.2) is 0 Å². The Kier molecular flexibility index (Phi) is 2.06. The predicted molar refractivity (Wildman–Crippen MR) is 49.0 cm³/mol. The molecule has 13 heavy (non-hydrogen) atoms. The van der Waals surface area contributed by atoms with E-state index >= 15 is 0 Å². The number of carbonyl (C=O) groups is 1. The van der Waals surface area contributed by atoms with Gasteiger partial charge in [0.1, 0.15) is 5.54 Å². The number of hydrogen-bond donors (Lipinski definition) is 1. The van der Waals surface area contributed by atoms with Crippen molar-refractivity contribution >= 4 is 5.97 Å². The van der Waals surface area contributed by atoms with Crippen LogP contribution in [0.4, 0.5) is 0 Å². The van der Waals surface area contributed by atoms with E-state index in [4.69, 9.17) is 10.5 Å². The smallest absolute Gasteiger partial charge is 0.326 e. The second-order valence-corrected chi connectivity index (χ2v) is 4.45. The molecule has 0 spiro atoms. The highest BCUT2D eigenvalue weighted by Crippen LogP contribution is 2.46. The summed E-state index contributed by atoms with van der Waals surface area (Å²) in [4.78, 5) is 11.5. The van der Waals surface area contributed by atoms with Crippen molar-refractivity contribution in [2.45, 2.75) is 37.6 Å². The Hall–Kier alpha value is -0.570. The molecule has 3 heteroatoms. The number of carbonyl (C=O) groups excluding carboxylic acids is 1. The summed E-state index contributed by atoms with van der Waals surface area (Å²) >= 11 is 0. The molecule has 3 rings (SSSR count). The second kappa shape index (κ2) is 2.98. The van der Waals surface area contributed by atoms with Gasteiger partial charge in [-0.1, -0.05) is 12.8 Å². The highest BCUT2D eigenvalue weighted by molar-refractivity contribution is 5.81. The summed E-state index contributed by atoms with van der Waals surface area (Å²) in [5.41, 5.74) is 5.47. The Morgan fingerprint density at radius 2 is 2.00 bits per heavy atom. The fraction of sp³-hybridized carbons (Fsp3) is 0.900. The Balaban J connectivity index is 2.18. The van der Waals surface area contributed by atoms with Crippen LogP contribution >= 0.6 is 0 Å². The van der Waals surface area contributed by atoms with Crippen LogP contribution in [-0.2, 0) is 9.53 Å². The lowest BCUT2D eigenvalue weighted by atomic mass is 9.61. The molecule has 3 aliphatic rings. The van der Waals surface area contributed by atoms with Gasteiger partial charge >= 0.3 is 5.97 Å². The topological polar surface area (TPSA) is 52.3 Å². The average Bonchev–Trinajstić information content (AvgIpc) is 2.18. The van der Waals surface area contributed by atoms with Crippen LogP contribution in [0.1, 0.15) is 32.1 Å². The van der Waals surface area contributed by atoms with Gasteiger partial charge in [0.2, 0.25) is 0 Å². The van der Waals surface area contributed by atoms with E-state index in [1.54, 1.807) is 0 Å². The van der Waals surface area contributed by atoms with Gasteiger partial charge in [0, 0.05) is 0 Å². The van der Waals surface area contributed by atoms with Crippen molar-refractivity contribution in [1.29, 1.82) is 0 Å². The third-order valence-corrected chi connectivity index (χ3v) is 3.77. The van der Waals surface area contributed by atoms with Crippen LogP contribution in [-0.4, -0.2) is 18.6 Å². The van der Waals surface area contributed by atoms with Crippen LogP contribution in [0.5, 0.6) is 0 Å². The van der Waals surface area contributed by atoms with E-state index in [9.17, 15) is 4.79 Å². The maximum atomic E-state index is 11.5. The van der Waals surface area contributed by atoms with Crippen LogP contribution < -0.4 is 5.73 Å². The molecule has 0 radical (unpaired) electrons. The molecular weight excluding hydrogens is 166 g/mol. The molecule has 2 bridgehead atoms. The lowest BCUT2D eigenvalue weighted by Crippen LogP contribution is -2.60. The van der Waals surface area contributed by atoms with Gasteiger partial charge in [-0.3, -0.25) is 4.79 Å². The lowest BCUT2D eigenvalue weighted by Gasteiger charge is -2.47. The number of methoxy groups -OCH3 is 1. The van der Waals surface area contributed by atoms with Gasteiger partial charge in [0.05, 0.1) is 7.11 Å². The Morgan fingerprint density at radius 1 is 1.38 bits per heavy atom. The number of fused-ring (bicyclic) bond motifs is 3. The molecule has 0 saturated heterocycles. The summed E-state index contributed by atoms with van der Waals surface area (Å²) in [6.45, 7) is 0. The minimum atomic E-state index is -0.657. The zero-order valence-electron chi connectivity index (χ0n) is 8.08. The Labute approximate surface area is 78.6 Å². The quantitative estimate of drug-likeness (QED) is 0.618. The number of hydrogen-bond acceptors (Lipinski definition) is 3. The van der Waals surface area contributed by atoms with E-state index in [2.05, 4.69) is 0 Å². The van der Waals surface area contributed by atoms with E-state index in [0.29, 0.717) is 11.8 Å². The van der Waals surface area contributed by atoms with Crippen LogP contribution in [0.15, 0.2) is 0 Å². The normalized spacial score (nSPS) is 43.2. The highest BCUT2D eigenvalue weighted by atomic mass is 16.5. The molecule has 0 aromatic heterocycles. The van der Waals surface area contributed by atoms with Gasteiger partial charge < -0.3 is 10.5 Å². The molecule has 2 N–H and O–H groups in total. The largest absolute Gasteiger partial charge is 0.468 e. The first-order valence-electron chi connectivity index (χ1n) is 5.04. The van der Waals surface area contributed by atoms with E-state index in [-0.39, 0.29) is 5.97 Å². The van der Waals surface area contributed by atoms with Gasteiger partial charge in [-0.05, 0) is 31.1 Å². The fourth-order valence-corrected chi connectivity index (χ4v) is 2.97.